The van der Waals surface area contributed by atoms with E-state index >= 15 is 0 Å². The first kappa shape index (κ1) is 18.2. The number of rotatable bonds is 9. The first-order valence-electron chi connectivity index (χ1n) is 7.66. The molecule has 0 spiro atoms. The average molecular weight is 318 g/mol. The van der Waals surface area contributed by atoms with E-state index < -0.39 is 25.8 Å². The van der Waals surface area contributed by atoms with Crippen LogP contribution in [0.5, 0.6) is 0 Å². The maximum absolute atomic E-state index is 13.1. The molecule has 0 saturated carbocycles. The summed E-state index contributed by atoms with van der Waals surface area (Å²) in [4.78, 5) is 0. The Hall–Kier alpha value is -0.813. The van der Waals surface area contributed by atoms with Crippen LogP contribution in [0.15, 0.2) is 12.1 Å². The van der Waals surface area contributed by atoms with Crippen LogP contribution in [0.1, 0.15) is 38.7 Å². The molecule has 0 amide bonds. The Morgan fingerprint density at radius 3 is 2.00 bits per heavy atom. The molecule has 0 radical (unpaired) electrons. The van der Waals surface area contributed by atoms with Gasteiger partial charge in [0.1, 0.15) is 0 Å². The first-order valence-corrected chi connectivity index (χ1v) is 10.2. The minimum Gasteiger partial charge on any atom is -0.420 e. The molecule has 1 nitrogen and oxygen atoms in total. The zero-order valence-electron chi connectivity index (χ0n) is 13.1. The molecule has 0 aliphatic heterocycles. The van der Waals surface area contributed by atoms with Crippen molar-refractivity contribution in [3.8, 4) is 0 Å². The smallest absolute Gasteiger partial charge is 0.194 e. The van der Waals surface area contributed by atoms with Crippen LogP contribution in [-0.2, 0) is 10.8 Å². The first-order chi connectivity index (χ1) is 9.98. The fraction of sp³-hybridized carbons (Fsp3) is 0.625. The third kappa shape index (κ3) is 5.15. The van der Waals surface area contributed by atoms with Crippen LogP contribution < -0.4 is 0 Å². The summed E-state index contributed by atoms with van der Waals surface area (Å²) in [6.07, 6.45) is 3.51. The Morgan fingerprint density at radius 2 is 1.52 bits per heavy atom. The highest BCUT2D eigenvalue weighted by Gasteiger charge is 2.28. The van der Waals surface area contributed by atoms with E-state index in [0.29, 0.717) is 12.0 Å². The Balaban J connectivity index is 2.38. The summed E-state index contributed by atoms with van der Waals surface area (Å²) in [5, 5.41) is 0. The van der Waals surface area contributed by atoms with Crippen molar-refractivity contribution in [3.63, 3.8) is 0 Å². The Labute approximate surface area is 126 Å². The van der Waals surface area contributed by atoms with Crippen molar-refractivity contribution in [3.05, 3.63) is 35.1 Å². The fourth-order valence-corrected chi connectivity index (χ4v) is 5.58. The lowest BCUT2D eigenvalue weighted by Gasteiger charge is -2.27. The number of halogens is 3. The molecule has 0 saturated heterocycles. The van der Waals surface area contributed by atoms with E-state index in [1.165, 1.54) is 0 Å². The van der Waals surface area contributed by atoms with E-state index in [0.717, 1.165) is 49.5 Å². The molecule has 5 heteroatoms. The molecule has 0 aliphatic carbocycles. The van der Waals surface area contributed by atoms with Crippen molar-refractivity contribution < 1.29 is 17.6 Å². The predicted molar refractivity (Wildman–Crippen MR) is 82.4 cm³/mol. The maximum Gasteiger partial charge on any atom is 0.194 e. The quantitative estimate of drug-likeness (QED) is 0.334. The van der Waals surface area contributed by atoms with Crippen molar-refractivity contribution >= 4 is 8.32 Å². The van der Waals surface area contributed by atoms with Gasteiger partial charge in [-0.1, -0.05) is 26.7 Å². The van der Waals surface area contributed by atoms with Crippen molar-refractivity contribution in [1.29, 1.82) is 0 Å². The lowest BCUT2D eigenvalue weighted by molar-refractivity contribution is 0.389. The summed E-state index contributed by atoms with van der Waals surface area (Å²) in [6, 6.07) is 5.54. The SMILES string of the molecule is CC[Si](CC)(CCCCCc1cc(F)c(F)c(F)c1)OC. The Morgan fingerprint density at radius 1 is 0.952 bits per heavy atom. The molecule has 0 aromatic heterocycles. The van der Waals surface area contributed by atoms with Gasteiger partial charge in [0.25, 0.3) is 0 Å². The number of aryl methyl sites for hydroxylation is 1. The molecule has 1 aromatic rings. The van der Waals surface area contributed by atoms with Crippen molar-refractivity contribution in [1.82, 2.24) is 0 Å². The molecule has 21 heavy (non-hydrogen) atoms. The van der Waals surface area contributed by atoms with Crippen molar-refractivity contribution in [2.75, 3.05) is 7.11 Å². The van der Waals surface area contributed by atoms with Crippen LogP contribution >= 0.6 is 0 Å². The van der Waals surface area contributed by atoms with Crippen LogP contribution in [0.2, 0.25) is 18.1 Å². The van der Waals surface area contributed by atoms with Gasteiger partial charge in [-0.2, -0.15) is 0 Å². The van der Waals surface area contributed by atoms with Crippen molar-refractivity contribution in [2.45, 2.75) is 57.7 Å². The Kier molecular flexibility index (Phi) is 7.46. The summed E-state index contributed by atoms with van der Waals surface area (Å²) < 4.78 is 44.8. The molecule has 1 rings (SSSR count). The van der Waals surface area contributed by atoms with E-state index in [1.54, 1.807) is 0 Å². The van der Waals surface area contributed by atoms with E-state index in [4.69, 9.17) is 4.43 Å². The van der Waals surface area contributed by atoms with Gasteiger partial charge in [-0.05, 0) is 48.7 Å². The van der Waals surface area contributed by atoms with Gasteiger partial charge in [0.2, 0.25) is 0 Å². The summed E-state index contributed by atoms with van der Waals surface area (Å²) in [7, 11) is 0.267. The minimum absolute atomic E-state index is 0.521. The molecule has 0 fully saturated rings. The summed E-state index contributed by atoms with van der Waals surface area (Å²) in [5.74, 6) is -3.60. The molecule has 1 aromatic carbocycles. The zero-order valence-corrected chi connectivity index (χ0v) is 14.1. The number of benzene rings is 1. The maximum atomic E-state index is 13.1. The lowest BCUT2D eigenvalue weighted by atomic mass is 10.1. The van der Waals surface area contributed by atoms with Crippen LogP contribution in [0, 0.1) is 17.5 Å². The standard InChI is InChI=1S/C16H25F3OSi/c1-4-21(5-2,20-3)10-8-6-7-9-13-11-14(17)16(19)15(18)12-13/h11-12H,4-10H2,1-3H3. The molecular weight excluding hydrogens is 293 g/mol. The third-order valence-electron chi connectivity index (χ3n) is 4.36. The van der Waals surface area contributed by atoms with Gasteiger partial charge in [-0.15, -0.1) is 0 Å². The van der Waals surface area contributed by atoms with Gasteiger partial charge in [0.15, 0.2) is 25.8 Å². The van der Waals surface area contributed by atoms with E-state index in [2.05, 4.69) is 13.8 Å². The van der Waals surface area contributed by atoms with Gasteiger partial charge in [0.05, 0.1) is 0 Å². The van der Waals surface area contributed by atoms with Crippen LogP contribution in [0.3, 0.4) is 0 Å². The normalized spacial score (nSPS) is 11.9. The lowest BCUT2D eigenvalue weighted by Crippen LogP contribution is -2.34. The topological polar surface area (TPSA) is 9.23 Å². The van der Waals surface area contributed by atoms with Gasteiger partial charge < -0.3 is 4.43 Å². The van der Waals surface area contributed by atoms with Gasteiger partial charge in [0, 0.05) is 7.11 Å². The molecular formula is C16H25F3OSi. The van der Waals surface area contributed by atoms with Gasteiger partial charge in [-0.25, -0.2) is 13.2 Å². The van der Waals surface area contributed by atoms with E-state index in [1.807, 2.05) is 7.11 Å². The second kappa shape index (κ2) is 8.59. The monoisotopic (exact) mass is 318 g/mol. The molecule has 0 bridgehead atoms. The molecule has 0 N–H and O–H groups in total. The van der Waals surface area contributed by atoms with E-state index in [-0.39, 0.29) is 0 Å². The fourth-order valence-electron chi connectivity index (χ4n) is 2.70. The highest BCUT2D eigenvalue weighted by molar-refractivity contribution is 6.73. The van der Waals surface area contributed by atoms with Crippen LogP contribution in [0.4, 0.5) is 13.2 Å². The summed E-state index contributed by atoms with van der Waals surface area (Å²) in [5.41, 5.74) is 0.521. The average Bonchev–Trinajstić information content (AvgIpc) is 2.49. The minimum atomic E-state index is -1.54. The second-order valence-corrected chi connectivity index (χ2v) is 10.2. The van der Waals surface area contributed by atoms with Crippen LogP contribution in [0.25, 0.3) is 0 Å². The largest absolute Gasteiger partial charge is 0.420 e. The predicted octanol–water partition coefficient (Wildman–Crippen LogP) is 5.45. The molecule has 120 valence electrons. The molecule has 0 atom stereocenters. The van der Waals surface area contributed by atoms with E-state index in [9.17, 15) is 13.2 Å². The number of hydrogen-bond acceptors (Lipinski definition) is 1. The van der Waals surface area contributed by atoms with Gasteiger partial charge >= 0.3 is 0 Å². The molecule has 0 unspecified atom stereocenters. The molecule has 0 aliphatic rings. The van der Waals surface area contributed by atoms with Crippen molar-refractivity contribution in [2.24, 2.45) is 0 Å². The zero-order chi connectivity index (χ0) is 15.9. The Bertz CT molecular complexity index is 416. The number of hydrogen-bond donors (Lipinski definition) is 0. The highest BCUT2D eigenvalue weighted by Crippen LogP contribution is 2.24. The highest BCUT2D eigenvalue weighted by atomic mass is 28.4. The summed E-state index contributed by atoms with van der Waals surface area (Å²) in [6.45, 7) is 4.37. The second-order valence-electron chi connectivity index (χ2n) is 5.53. The third-order valence-corrected chi connectivity index (χ3v) is 9.07. The van der Waals surface area contributed by atoms with Gasteiger partial charge in [-0.3, -0.25) is 0 Å². The van der Waals surface area contributed by atoms with Crippen LogP contribution in [-0.4, -0.2) is 15.4 Å². The summed E-state index contributed by atoms with van der Waals surface area (Å²) >= 11 is 0. The number of unbranched alkanes of at least 4 members (excludes halogenated alkanes) is 2. The molecule has 0 heterocycles.